The van der Waals surface area contributed by atoms with E-state index in [1.807, 2.05) is 0 Å². The Kier molecular flexibility index (Phi) is 6.53. The van der Waals surface area contributed by atoms with Crippen LogP contribution in [0.2, 0.25) is 0 Å². The number of rotatable bonds is 7. The maximum absolute atomic E-state index is 12.5. The van der Waals surface area contributed by atoms with Gasteiger partial charge in [-0.15, -0.1) is 0 Å². The zero-order chi connectivity index (χ0) is 21.7. The summed E-state index contributed by atoms with van der Waals surface area (Å²) < 4.78 is 32.9. The van der Waals surface area contributed by atoms with Crippen LogP contribution >= 0.6 is 11.3 Å². The third-order valence-electron chi connectivity index (χ3n) is 3.92. The summed E-state index contributed by atoms with van der Waals surface area (Å²) in [5.74, 6) is -0.530. The van der Waals surface area contributed by atoms with E-state index in [0.717, 1.165) is 16.9 Å². The number of sulfonamides is 1. The Morgan fingerprint density at radius 1 is 1.17 bits per heavy atom. The van der Waals surface area contributed by atoms with Gasteiger partial charge in [0.25, 0.3) is 10.0 Å². The fraction of sp³-hybridized carbons (Fsp3) is 0.211. The lowest BCUT2D eigenvalue weighted by molar-refractivity contribution is -0.141. The molecule has 0 saturated heterocycles. The van der Waals surface area contributed by atoms with E-state index in [0.29, 0.717) is 15.9 Å². The minimum Gasteiger partial charge on any atom is -0.465 e. The van der Waals surface area contributed by atoms with E-state index < -0.39 is 22.0 Å². The number of nitrogens with zero attached hydrogens (tertiary/aromatic N) is 1. The number of benzene rings is 2. The third-order valence-corrected chi connectivity index (χ3v) is 6.32. The first-order chi connectivity index (χ1) is 14.3. The van der Waals surface area contributed by atoms with Gasteiger partial charge in [-0.3, -0.25) is 9.52 Å². The topological polar surface area (TPSA) is 126 Å². The fourth-order valence-corrected chi connectivity index (χ4v) is 4.86. The van der Waals surface area contributed by atoms with Crippen LogP contribution in [0.4, 0.5) is 15.6 Å². The number of hydrogen-bond acceptors (Lipinski definition) is 7. The van der Waals surface area contributed by atoms with Crippen LogP contribution in [0.5, 0.6) is 0 Å². The van der Waals surface area contributed by atoms with Gasteiger partial charge in [0.15, 0.2) is 5.13 Å². The normalized spacial score (nSPS) is 11.1. The molecule has 0 saturated carbocycles. The van der Waals surface area contributed by atoms with E-state index in [9.17, 15) is 18.0 Å². The number of aromatic nitrogens is 1. The Morgan fingerprint density at radius 3 is 2.60 bits per heavy atom. The largest absolute Gasteiger partial charge is 0.465 e. The zero-order valence-electron chi connectivity index (χ0n) is 16.3. The molecule has 9 nitrogen and oxygen atoms in total. The van der Waals surface area contributed by atoms with Gasteiger partial charge in [-0.1, -0.05) is 29.5 Å². The summed E-state index contributed by atoms with van der Waals surface area (Å²) in [7, 11) is -3.75. The Hall–Kier alpha value is -3.18. The van der Waals surface area contributed by atoms with Crippen LogP contribution in [-0.2, 0) is 19.6 Å². The van der Waals surface area contributed by atoms with Crippen LogP contribution in [0.15, 0.2) is 47.4 Å². The molecule has 1 aromatic heterocycles. The first-order valence-electron chi connectivity index (χ1n) is 8.98. The van der Waals surface area contributed by atoms with Crippen LogP contribution in [0.25, 0.3) is 10.2 Å². The van der Waals surface area contributed by atoms with Gasteiger partial charge in [-0.05, 0) is 43.7 Å². The molecule has 0 atom stereocenters. The molecule has 30 heavy (non-hydrogen) atoms. The standard InChI is InChI=1S/C19H20N4O5S2/c1-3-28-16(24)11-20-18(25)21-13-9-12(2)17-15(10-13)29-19(22-17)23-30(26,27)14-7-5-4-6-8-14/h4-10H,3,11H2,1-2H3,(H,22,23)(H2,20,21,25). The van der Waals surface area contributed by atoms with E-state index in [-0.39, 0.29) is 23.2 Å². The van der Waals surface area contributed by atoms with Gasteiger partial charge < -0.3 is 15.4 Å². The highest BCUT2D eigenvalue weighted by molar-refractivity contribution is 7.93. The smallest absolute Gasteiger partial charge is 0.325 e. The van der Waals surface area contributed by atoms with Crippen molar-refractivity contribution in [3.8, 4) is 0 Å². The molecule has 3 rings (SSSR count). The summed E-state index contributed by atoms with van der Waals surface area (Å²) in [5, 5.41) is 5.27. The lowest BCUT2D eigenvalue weighted by Gasteiger charge is -2.08. The number of esters is 1. The van der Waals surface area contributed by atoms with Crippen molar-refractivity contribution in [1.82, 2.24) is 10.3 Å². The van der Waals surface area contributed by atoms with Gasteiger partial charge in [0.2, 0.25) is 0 Å². The number of carbonyl (C=O) groups is 2. The summed E-state index contributed by atoms with van der Waals surface area (Å²) in [6, 6.07) is 10.8. The molecule has 0 spiro atoms. The van der Waals surface area contributed by atoms with Crippen molar-refractivity contribution in [3.05, 3.63) is 48.0 Å². The second-order valence-electron chi connectivity index (χ2n) is 6.19. The average molecular weight is 449 g/mol. The Bertz CT molecular complexity index is 1180. The van der Waals surface area contributed by atoms with Gasteiger partial charge in [0.1, 0.15) is 6.54 Å². The summed E-state index contributed by atoms with van der Waals surface area (Å²) in [6.45, 7) is 3.48. The summed E-state index contributed by atoms with van der Waals surface area (Å²) in [4.78, 5) is 27.8. The fourth-order valence-electron chi connectivity index (χ4n) is 2.63. The summed E-state index contributed by atoms with van der Waals surface area (Å²) in [6.07, 6.45) is 0. The van der Waals surface area contributed by atoms with E-state index >= 15 is 0 Å². The number of thiazole rings is 1. The minimum atomic E-state index is -3.75. The first-order valence-corrected chi connectivity index (χ1v) is 11.3. The molecular formula is C19H20N4O5S2. The highest BCUT2D eigenvalue weighted by Crippen LogP contribution is 2.32. The number of amides is 2. The highest BCUT2D eigenvalue weighted by atomic mass is 32.2. The van der Waals surface area contributed by atoms with Crippen LogP contribution in [0.1, 0.15) is 12.5 Å². The molecule has 3 N–H and O–H groups in total. The predicted octanol–water partition coefficient (Wildman–Crippen LogP) is 3.09. The van der Waals surface area contributed by atoms with Gasteiger partial charge >= 0.3 is 12.0 Å². The molecule has 0 aliphatic rings. The van der Waals surface area contributed by atoms with Gasteiger partial charge in [0.05, 0.1) is 21.7 Å². The number of nitrogens with one attached hydrogen (secondary N) is 3. The second kappa shape index (κ2) is 9.09. The van der Waals surface area contributed by atoms with Crippen molar-refractivity contribution in [1.29, 1.82) is 0 Å². The molecule has 11 heteroatoms. The molecule has 2 amide bonds. The number of hydrogen-bond donors (Lipinski definition) is 3. The molecule has 3 aromatic rings. The van der Waals surface area contributed by atoms with Crippen LogP contribution in [0.3, 0.4) is 0 Å². The summed E-state index contributed by atoms with van der Waals surface area (Å²) >= 11 is 1.15. The van der Waals surface area contributed by atoms with Crippen LogP contribution < -0.4 is 15.4 Å². The van der Waals surface area contributed by atoms with Crippen molar-refractivity contribution < 1.29 is 22.7 Å². The number of ether oxygens (including phenoxy) is 1. The highest BCUT2D eigenvalue weighted by Gasteiger charge is 2.17. The summed E-state index contributed by atoms with van der Waals surface area (Å²) in [5.41, 5.74) is 1.88. The van der Waals surface area contributed by atoms with Gasteiger partial charge in [0, 0.05) is 5.69 Å². The lowest BCUT2D eigenvalue weighted by atomic mass is 10.2. The van der Waals surface area contributed by atoms with Crippen molar-refractivity contribution in [2.75, 3.05) is 23.2 Å². The number of carbonyl (C=O) groups excluding carboxylic acids is 2. The lowest BCUT2D eigenvalue weighted by Crippen LogP contribution is -2.34. The Balaban J connectivity index is 1.75. The van der Waals surface area contributed by atoms with E-state index in [2.05, 4.69) is 20.3 Å². The van der Waals surface area contributed by atoms with E-state index in [1.54, 1.807) is 44.2 Å². The zero-order valence-corrected chi connectivity index (χ0v) is 17.9. The van der Waals surface area contributed by atoms with E-state index in [4.69, 9.17) is 4.74 Å². The molecular weight excluding hydrogens is 428 g/mol. The molecule has 0 fully saturated rings. The number of anilines is 2. The Morgan fingerprint density at radius 2 is 1.90 bits per heavy atom. The Labute approximate surface area is 177 Å². The first kappa shape index (κ1) is 21.5. The molecule has 0 bridgehead atoms. The average Bonchev–Trinajstić information content (AvgIpc) is 3.09. The molecule has 1 heterocycles. The van der Waals surface area contributed by atoms with Crippen LogP contribution in [0, 0.1) is 6.92 Å². The SMILES string of the molecule is CCOC(=O)CNC(=O)Nc1cc(C)c2nc(NS(=O)(=O)c3ccccc3)sc2c1. The van der Waals surface area contributed by atoms with Crippen molar-refractivity contribution in [2.45, 2.75) is 18.7 Å². The number of fused-ring (bicyclic) bond motifs is 1. The molecule has 158 valence electrons. The van der Waals surface area contributed by atoms with Crippen molar-refractivity contribution >= 4 is 54.4 Å². The molecule has 0 aliphatic carbocycles. The number of aryl methyl sites for hydroxylation is 1. The molecule has 0 unspecified atom stereocenters. The molecule has 0 aliphatic heterocycles. The predicted molar refractivity (Wildman–Crippen MR) is 115 cm³/mol. The number of urea groups is 1. The minimum absolute atomic E-state index is 0.140. The maximum Gasteiger partial charge on any atom is 0.325 e. The monoisotopic (exact) mass is 448 g/mol. The molecule has 0 radical (unpaired) electrons. The molecule has 2 aromatic carbocycles. The second-order valence-corrected chi connectivity index (χ2v) is 8.90. The van der Waals surface area contributed by atoms with Crippen LogP contribution in [-0.4, -0.2) is 38.6 Å². The quantitative estimate of drug-likeness (QED) is 0.477. The van der Waals surface area contributed by atoms with Crippen molar-refractivity contribution in [3.63, 3.8) is 0 Å². The van der Waals surface area contributed by atoms with Gasteiger partial charge in [-0.2, -0.15) is 0 Å². The van der Waals surface area contributed by atoms with Crippen molar-refractivity contribution in [2.24, 2.45) is 0 Å². The van der Waals surface area contributed by atoms with Gasteiger partial charge in [-0.25, -0.2) is 18.2 Å². The van der Waals surface area contributed by atoms with E-state index in [1.165, 1.54) is 12.1 Å². The third kappa shape index (κ3) is 5.24. The maximum atomic E-state index is 12.5.